The molecule has 0 nitrogen and oxygen atoms in total. The molecule has 36 heavy (non-hydrogen) atoms. The number of hydrogen-bond acceptors (Lipinski definition) is 0. The topological polar surface area (TPSA) is 0 Å². The van der Waals surface area contributed by atoms with Crippen LogP contribution in [0.2, 0.25) is 0 Å². The van der Waals surface area contributed by atoms with E-state index < -0.39 is 8.67 Å². The molecule has 0 radical (unpaired) electrons. The zero-order valence-electron chi connectivity index (χ0n) is 17.3. The molecule has 0 spiro atoms. The van der Waals surface area contributed by atoms with Crippen molar-refractivity contribution in [2.45, 2.75) is 8.67 Å². The fraction of sp³-hybridized carbons (Fsp3) is 0.0833. The van der Waals surface area contributed by atoms with Gasteiger partial charge in [-0.3, -0.25) is 0 Å². The first-order chi connectivity index (χ1) is 16.7. The highest BCUT2D eigenvalue weighted by molar-refractivity contribution is 6.68. The van der Waals surface area contributed by atoms with Crippen molar-refractivity contribution in [3.63, 3.8) is 0 Å². The smallest absolute Gasteiger partial charge is 0.0888 e. The molecule has 0 aliphatic heterocycles. The molecule has 0 unspecified atom stereocenters. The largest absolute Gasteiger partial charge is 0.191 e. The van der Waals surface area contributed by atoms with Crippen molar-refractivity contribution in [3.8, 4) is 0 Å². The maximum absolute atomic E-state index is 5.68. The van der Waals surface area contributed by atoms with Crippen molar-refractivity contribution < 1.29 is 0 Å². The zero-order chi connectivity index (χ0) is 27.0. The van der Waals surface area contributed by atoms with Crippen LogP contribution in [0.1, 0.15) is 0 Å². The number of allylic oxidation sites excluding steroid dienone is 8. The molecule has 3 aromatic carbocycles. The number of alkyl halides is 4. The molecular formula is C24H10Cl12. The summed E-state index contributed by atoms with van der Waals surface area (Å²) in [6.07, 6.45) is 0. The fourth-order valence-electron chi connectivity index (χ4n) is 3.01. The first-order valence-electron chi connectivity index (χ1n) is 9.58. The number of rotatable bonds is 0. The molecule has 12 heteroatoms. The van der Waals surface area contributed by atoms with Gasteiger partial charge in [-0.15, -0.1) is 0 Å². The molecule has 0 N–H and O–H groups in total. The summed E-state index contributed by atoms with van der Waals surface area (Å²) in [5.41, 5.74) is 0. The van der Waals surface area contributed by atoms with Crippen LogP contribution in [0.25, 0.3) is 21.5 Å². The predicted molar refractivity (Wildman–Crippen MR) is 165 cm³/mol. The Morgan fingerprint density at radius 3 is 0.694 bits per heavy atom. The number of halogens is 12. The summed E-state index contributed by atoms with van der Waals surface area (Å²) in [6.45, 7) is 0. The van der Waals surface area contributed by atoms with Gasteiger partial charge in [0.25, 0.3) is 0 Å². The van der Waals surface area contributed by atoms with Gasteiger partial charge in [-0.05, 0) is 33.7 Å². The zero-order valence-corrected chi connectivity index (χ0v) is 26.4. The molecule has 0 atom stereocenters. The number of benzene rings is 3. The highest BCUT2D eigenvalue weighted by Crippen LogP contribution is 2.54. The third-order valence-electron chi connectivity index (χ3n) is 4.87. The van der Waals surface area contributed by atoms with Crippen LogP contribution >= 0.6 is 139 Å². The summed E-state index contributed by atoms with van der Waals surface area (Å²) >= 11 is 67.6. The third kappa shape index (κ3) is 6.33. The lowest BCUT2D eigenvalue weighted by Gasteiger charge is -2.11. The Labute approximate surface area is 267 Å². The van der Waals surface area contributed by atoms with E-state index in [1.54, 1.807) is 0 Å². The van der Waals surface area contributed by atoms with Crippen LogP contribution in [0.5, 0.6) is 0 Å². The summed E-state index contributed by atoms with van der Waals surface area (Å²) in [6, 6.07) is 21.4. The molecule has 190 valence electrons. The van der Waals surface area contributed by atoms with Gasteiger partial charge in [0.2, 0.25) is 0 Å². The molecule has 0 fully saturated rings. The van der Waals surface area contributed by atoms with Gasteiger partial charge in [-0.1, -0.05) is 188 Å². The van der Waals surface area contributed by atoms with Crippen LogP contribution in [0, 0.1) is 0 Å². The molecule has 0 amide bonds. The van der Waals surface area contributed by atoms with Crippen LogP contribution in [-0.2, 0) is 0 Å². The number of fused-ring (bicyclic) bond motifs is 2. The van der Waals surface area contributed by atoms with Crippen molar-refractivity contribution in [2.24, 2.45) is 0 Å². The van der Waals surface area contributed by atoms with Gasteiger partial charge in [0.1, 0.15) is 0 Å². The van der Waals surface area contributed by atoms with Gasteiger partial charge in [0, 0.05) is 0 Å². The van der Waals surface area contributed by atoms with Crippen LogP contribution in [-0.4, -0.2) is 8.67 Å². The van der Waals surface area contributed by atoms with E-state index in [-0.39, 0.29) is 40.3 Å². The lowest BCUT2D eigenvalue weighted by molar-refractivity contribution is 1.24. The standard InChI is InChI=1S/C14H10.2C5Cl6/c1-2-6-12-10-14-8-4-3-7-13(14)9-11(12)5-1;2*6-1-2(7)4(9)5(10,11)3(1)8/h1-10H;;. The van der Waals surface area contributed by atoms with Gasteiger partial charge >= 0.3 is 0 Å². The predicted octanol–water partition coefficient (Wildman–Crippen LogP) is 13.1. The van der Waals surface area contributed by atoms with E-state index in [2.05, 4.69) is 60.7 Å². The van der Waals surface area contributed by atoms with Crippen LogP contribution in [0.15, 0.2) is 101 Å². The Bertz CT molecular complexity index is 1250. The van der Waals surface area contributed by atoms with E-state index in [0.29, 0.717) is 0 Å². The molecule has 2 aliphatic rings. The summed E-state index contributed by atoms with van der Waals surface area (Å²) in [4.78, 5) is 0. The van der Waals surface area contributed by atoms with Gasteiger partial charge < -0.3 is 0 Å². The maximum atomic E-state index is 5.68. The van der Waals surface area contributed by atoms with Gasteiger partial charge in [-0.25, -0.2) is 0 Å². The van der Waals surface area contributed by atoms with Crippen LogP contribution < -0.4 is 0 Å². The SMILES string of the molecule is ClC1=C(Cl)C(Cl)(Cl)C(Cl)=C1Cl.ClC1=C(Cl)C(Cl)(Cl)C(Cl)=C1Cl.c1ccc2cc3ccccc3cc2c1. The monoisotopic (exact) mass is 718 g/mol. The van der Waals surface area contributed by atoms with Crippen molar-refractivity contribution >= 4 is 161 Å². The van der Waals surface area contributed by atoms with Crippen molar-refractivity contribution in [1.82, 2.24) is 0 Å². The average molecular weight is 724 g/mol. The van der Waals surface area contributed by atoms with E-state index in [1.807, 2.05) is 0 Å². The van der Waals surface area contributed by atoms with E-state index in [4.69, 9.17) is 139 Å². The maximum Gasteiger partial charge on any atom is 0.191 e. The summed E-state index contributed by atoms with van der Waals surface area (Å²) < 4.78 is -2.95. The van der Waals surface area contributed by atoms with Gasteiger partial charge in [0.15, 0.2) is 8.67 Å². The summed E-state index contributed by atoms with van der Waals surface area (Å²) in [7, 11) is 0. The quantitative estimate of drug-likeness (QED) is 0.160. The van der Waals surface area contributed by atoms with E-state index in [0.717, 1.165) is 0 Å². The van der Waals surface area contributed by atoms with Crippen molar-refractivity contribution in [1.29, 1.82) is 0 Å². The lowest BCUT2D eigenvalue weighted by Crippen LogP contribution is -2.09. The van der Waals surface area contributed by atoms with Gasteiger partial charge in [0.05, 0.1) is 40.3 Å². The molecule has 3 aromatic rings. The van der Waals surface area contributed by atoms with Crippen molar-refractivity contribution in [2.75, 3.05) is 0 Å². The second-order valence-electron chi connectivity index (χ2n) is 7.21. The first-order valence-corrected chi connectivity index (χ1v) is 14.1. The minimum atomic E-state index is -1.47. The Morgan fingerprint density at radius 1 is 0.361 bits per heavy atom. The molecule has 0 saturated heterocycles. The minimum absolute atomic E-state index is 0.0394. The van der Waals surface area contributed by atoms with E-state index in [1.165, 1.54) is 21.5 Å². The molecule has 0 aromatic heterocycles. The van der Waals surface area contributed by atoms with E-state index >= 15 is 0 Å². The highest BCUT2D eigenvalue weighted by atomic mass is 35.5. The molecule has 5 rings (SSSR count). The highest BCUT2D eigenvalue weighted by Gasteiger charge is 2.43. The van der Waals surface area contributed by atoms with Crippen LogP contribution in [0.3, 0.4) is 0 Å². The Balaban J connectivity index is 0.000000153. The Hall–Kier alpha value is 0.620. The molecule has 2 aliphatic carbocycles. The second-order valence-corrected chi connectivity index (χ2v) is 12.9. The number of hydrogen-bond donors (Lipinski definition) is 0. The lowest BCUT2D eigenvalue weighted by atomic mass is 10.0. The summed E-state index contributed by atoms with van der Waals surface area (Å²) in [5.74, 6) is 0. The Morgan fingerprint density at radius 2 is 0.556 bits per heavy atom. The summed E-state index contributed by atoms with van der Waals surface area (Å²) in [5, 5.41) is 5.80. The molecular weight excluding hydrogens is 714 g/mol. The fourth-order valence-corrected chi connectivity index (χ4v) is 6.15. The molecule has 0 heterocycles. The molecule has 0 bridgehead atoms. The van der Waals surface area contributed by atoms with E-state index in [9.17, 15) is 0 Å². The third-order valence-corrected chi connectivity index (χ3v) is 11.1. The average Bonchev–Trinajstić information content (AvgIpc) is 3.08. The first kappa shape index (κ1) is 31.2. The normalized spacial score (nSPS) is 18.6. The second kappa shape index (κ2) is 12.4. The molecule has 0 saturated carbocycles. The van der Waals surface area contributed by atoms with Crippen molar-refractivity contribution in [3.05, 3.63) is 101 Å². The van der Waals surface area contributed by atoms with Crippen LogP contribution in [0.4, 0.5) is 0 Å². The van der Waals surface area contributed by atoms with Gasteiger partial charge in [-0.2, -0.15) is 0 Å². The Kier molecular flexibility index (Phi) is 10.8. The minimum Gasteiger partial charge on any atom is -0.0888 e.